The first-order valence-corrected chi connectivity index (χ1v) is 17.8. The van der Waals surface area contributed by atoms with Gasteiger partial charge in [0.1, 0.15) is 5.78 Å². The van der Waals surface area contributed by atoms with Gasteiger partial charge in [0.15, 0.2) is 0 Å². The van der Waals surface area contributed by atoms with Crippen molar-refractivity contribution in [3.8, 4) is 0 Å². The number of hydrogen-bond acceptors (Lipinski definition) is 7. The van der Waals surface area contributed by atoms with Crippen LogP contribution in [0, 0.1) is 29.1 Å². The zero-order valence-electron chi connectivity index (χ0n) is 30.1. The molecule has 7 nitrogen and oxygen atoms in total. The van der Waals surface area contributed by atoms with Crippen molar-refractivity contribution in [1.82, 2.24) is 10.3 Å². The normalized spacial score (nSPS) is 38.4. The summed E-state index contributed by atoms with van der Waals surface area (Å²) in [7, 11) is 0. The SMILES string of the molecule is [2H]c1sc(C(C)C)nc1/C=C(\CC)[C@@H]1C[C@]2(C)O[C@]2(CC)CCC[C@H](CC)[C@H](O)[C@@H](C)C(=O)C(C)(C(C)C)[C@@H](O)C(C)C(=O)N1. The van der Waals surface area contributed by atoms with Gasteiger partial charge in [0.2, 0.25) is 5.91 Å². The van der Waals surface area contributed by atoms with E-state index in [1.807, 2.05) is 26.8 Å². The molecule has 0 aliphatic carbocycles. The highest BCUT2D eigenvalue weighted by Gasteiger charge is 2.65. The number of carbonyl (C=O) groups excluding carboxylic acids is 2. The highest BCUT2D eigenvalue weighted by Crippen LogP contribution is 2.57. The van der Waals surface area contributed by atoms with E-state index in [-0.39, 0.29) is 35.0 Å². The summed E-state index contributed by atoms with van der Waals surface area (Å²) in [6.07, 6.45) is 5.08. The second-order valence-electron chi connectivity index (χ2n) is 14.6. The number of aromatic nitrogens is 1. The van der Waals surface area contributed by atoms with E-state index in [2.05, 4.69) is 39.9 Å². The van der Waals surface area contributed by atoms with Gasteiger partial charge in [-0.25, -0.2) is 4.98 Å². The summed E-state index contributed by atoms with van der Waals surface area (Å²) in [5.74, 6) is -2.21. The number of thiazole rings is 1. The van der Waals surface area contributed by atoms with Crippen LogP contribution >= 0.6 is 11.3 Å². The maximum Gasteiger partial charge on any atom is 0.225 e. The molecule has 2 aliphatic rings. The smallest absolute Gasteiger partial charge is 0.225 e. The lowest BCUT2D eigenvalue weighted by Gasteiger charge is -2.42. The number of ketones is 1. The molecule has 3 N–H and O–H groups in total. The van der Waals surface area contributed by atoms with Gasteiger partial charge in [-0.1, -0.05) is 75.2 Å². The van der Waals surface area contributed by atoms with E-state index >= 15 is 0 Å². The van der Waals surface area contributed by atoms with Crippen LogP contribution in [0.25, 0.3) is 6.08 Å². The minimum absolute atomic E-state index is 0.0552. The van der Waals surface area contributed by atoms with Gasteiger partial charge in [-0.2, -0.15) is 0 Å². The van der Waals surface area contributed by atoms with E-state index in [0.717, 1.165) is 42.7 Å². The van der Waals surface area contributed by atoms with E-state index in [1.165, 1.54) is 11.3 Å². The average Bonchev–Trinajstić information content (AvgIpc) is 3.39. The number of carbonyl (C=O) groups is 2. The predicted molar refractivity (Wildman–Crippen MR) is 179 cm³/mol. The lowest BCUT2D eigenvalue weighted by atomic mass is 9.63. The second-order valence-corrected chi connectivity index (χ2v) is 15.4. The molecule has 2 aliphatic heterocycles. The topological polar surface area (TPSA) is 112 Å². The maximum absolute atomic E-state index is 14.1. The highest BCUT2D eigenvalue weighted by molar-refractivity contribution is 7.09. The largest absolute Gasteiger partial charge is 0.392 e. The van der Waals surface area contributed by atoms with Crippen molar-refractivity contribution < 1.29 is 25.9 Å². The van der Waals surface area contributed by atoms with Gasteiger partial charge in [0.25, 0.3) is 0 Å². The van der Waals surface area contributed by atoms with E-state index in [0.29, 0.717) is 23.9 Å². The van der Waals surface area contributed by atoms with Gasteiger partial charge >= 0.3 is 0 Å². The van der Waals surface area contributed by atoms with Gasteiger partial charge < -0.3 is 20.3 Å². The van der Waals surface area contributed by atoms with Crippen LogP contribution in [0.1, 0.15) is 139 Å². The molecular formula is C36H60N2O5S. The van der Waals surface area contributed by atoms with Crippen molar-refractivity contribution >= 4 is 29.1 Å². The maximum atomic E-state index is 14.1. The summed E-state index contributed by atoms with van der Waals surface area (Å²) in [6, 6.07) is -0.405. The molecule has 1 aromatic rings. The van der Waals surface area contributed by atoms with Gasteiger partial charge in [-0.15, -0.1) is 11.3 Å². The van der Waals surface area contributed by atoms with Crippen molar-refractivity contribution in [2.24, 2.45) is 29.1 Å². The van der Waals surface area contributed by atoms with Crippen LogP contribution in [0.5, 0.6) is 0 Å². The van der Waals surface area contributed by atoms with Crippen LogP contribution in [-0.2, 0) is 14.3 Å². The Morgan fingerprint density at radius 1 is 1.18 bits per heavy atom. The Morgan fingerprint density at radius 3 is 2.36 bits per heavy atom. The molecule has 8 heteroatoms. The molecule has 1 aromatic heterocycles. The number of nitrogens with zero attached hydrogens (tertiary/aromatic N) is 1. The Labute approximate surface area is 272 Å². The fraction of sp³-hybridized carbons (Fsp3) is 0.806. The third-order valence-electron chi connectivity index (χ3n) is 11.3. The molecule has 3 rings (SSSR count). The predicted octanol–water partition coefficient (Wildman–Crippen LogP) is 7.31. The minimum atomic E-state index is -1.25. The molecule has 250 valence electrons. The summed E-state index contributed by atoms with van der Waals surface area (Å²) in [4.78, 5) is 32.9. The Hall–Kier alpha value is -1.61. The standard InChI is InChI=1S/C36H60N2O5S/c1-12-25-16-15-17-36(14-3)34(10,43-36)19-28(26(13-2)18-27-20-44-33(37-27)21(4)5)38-32(42)24(9)31(41)35(11,22(6)7)30(40)23(8)29(25)39/h18,20-25,28-29,31,39,41H,12-17,19H2,1-11H3,(H,38,42)/b26-18+/t23-,24?,25+,28+,29-,31+,34+,35?,36-/m1/s1/i20D. The Morgan fingerprint density at radius 2 is 1.84 bits per heavy atom. The van der Waals surface area contributed by atoms with E-state index in [9.17, 15) is 19.8 Å². The lowest BCUT2D eigenvalue weighted by molar-refractivity contribution is -0.153. The molecule has 44 heavy (non-hydrogen) atoms. The number of amides is 1. The Kier molecular flexibility index (Phi) is 11.6. The number of epoxide rings is 1. The summed E-state index contributed by atoms with van der Waals surface area (Å²) in [6.45, 7) is 21.5. The van der Waals surface area contributed by atoms with Crippen LogP contribution in [0.4, 0.5) is 0 Å². The Bertz CT molecular complexity index is 1230. The molecule has 0 spiro atoms. The zero-order chi connectivity index (χ0) is 34.1. The molecule has 2 fully saturated rings. The number of fused-ring (bicyclic) bond motifs is 1. The van der Waals surface area contributed by atoms with E-state index < -0.39 is 41.1 Å². The number of aliphatic hydroxyl groups excluding tert-OH is 2. The molecule has 3 heterocycles. The van der Waals surface area contributed by atoms with Gasteiger partial charge in [0.05, 0.1) is 52.9 Å². The van der Waals surface area contributed by atoms with Crippen LogP contribution < -0.4 is 5.32 Å². The number of hydrogen-bond donors (Lipinski definition) is 3. The molecular weight excluding hydrogens is 572 g/mol. The molecule has 9 atom stereocenters. The number of ether oxygens (including phenoxy) is 1. The first-order chi connectivity index (χ1) is 20.9. The van der Waals surface area contributed by atoms with Crippen LogP contribution in [0.3, 0.4) is 0 Å². The minimum Gasteiger partial charge on any atom is -0.392 e. The third kappa shape index (κ3) is 7.19. The summed E-state index contributed by atoms with van der Waals surface area (Å²) < 4.78 is 15.2. The van der Waals surface area contributed by atoms with E-state index in [4.69, 9.17) is 11.1 Å². The third-order valence-corrected chi connectivity index (χ3v) is 12.4. The lowest BCUT2D eigenvalue weighted by Crippen LogP contribution is -2.55. The van der Waals surface area contributed by atoms with Crippen LogP contribution in [-0.4, -0.2) is 56.3 Å². The zero-order valence-corrected chi connectivity index (χ0v) is 29.9. The Balaban J connectivity index is 2.11. The quantitative estimate of drug-likeness (QED) is 0.272. The van der Waals surface area contributed by atoms with Crippen molar-refractivity contribution in [2.45, 2.75) is 156 Å². The van der Waals surface area contributed by atoms with Crippen molar-refractivity contribution in [3.63, 3.8) is 0 Å². The fourth-order valence-electron chi connectivity index (χ4n) is 7.50. The molecule has 2 unspecified atom stereocenters. The van der Waals surface area contributed by atoms with Crippen LogP contribution in [0.15, 0.2) is 10.9 Å². The van der Waals surface area contributed by atoms with Crippen molar-refractivity contribution in [1.29, 1.82) is 0 Å². The molecule has 0 saturated carbocycles. The molecule has 0 radical (unpaired) electrons. The molecule has 2 saturated heterocycles. The van der Waals surface area contributed by atoms with E-state index in [1.54, 1.807) is 20.8 Å². The molecule has 0 aromatic carbocycles. The first kappa shape index (κ1) is 35.2. The fourth-order valence-corrected chi connectivity index (χ4v) is 8.19. The number of aliphatic hydroxyl groups is 2. The van der Waals surface area contributed by atoms with Gasteiger partial charge in [-0.05, 0) is 63.0 Å². The monoisotopic (exact) mass is 633 g/mol. The second kappa shape index (κ2) is 14.4. The van der Waals surface area contributed by atoms with Crippen molar-refractivity contribution in [2.75, 3.05) is 0 Å². The molecule has 0 bridgehead atoms. The highest BCUT2D eigenvalue weighted by atomic mass is 32.1. The van der Waals surface area contributed by atoms with Crippen LogP contribution in [0.2, 0.25) is 0 Å². The summed E-state index contributed by atoms with van der Waals surface area (Å²) in [5.41, 5.74) is -0.494. The number of Topliss-reactive ketones (excluding diaryl/α,β-unsaturated/α-hetero) is 1. The average molecular weight is 634 g/mol. The van der Waals surface area contributed by atoms with Gasteiger partial charge in [0, 0.05) is 23.6 Å². The molecule has 1 amide bonds. The summed E-state index contributed by atoms with van der Waals surface area (Å²) >= 11 is 1.38. The summed E-state index contributed by atoms with van der Waals surface area (Å²) in [5, 5.41) is 27.8. The van der Waals surface area contributed by atoms with Crippen molar-refractivity contribution in [3.05, 3.63) is 21.6 Å². The van der Waals surface area contributed by atoms with Gasteiger partial charge in [-0.3, -0.25) is 9.59 Å². The first-order valence-electron chi connectivity index (χ1n) is 17.5. The number of rotatable bonds is 7. The number of nitrogens with one attached hydrogen (secondary N) is 1.